The van der Waals surface area contributed by atoms with E-state index in [1.54, 1.807) is 19.0 Å². The third kappa shape index (κ3) is 4.34. The Balaban J connectivity index is 1.63. The van der Waals surface area contributed by atoms with Crippen molar-refractivity contribution in [2.75, 3.05) is 26.0 Å². The number of urea groups is 1. The number of hydrogen-bond donors (Lipinski definition) is 3. The molecule has 1 aliphatic carbocycles. The summed E-state index contributed by atoms with van der Waals surface area (Å²) < 4.78 is 0.998. The van der Waals surface area contributed by atoms with Gasteiger partial charge in [-0.3, -0.25) is 4.79 Å². The minimum atomic E-state index is -0.783. The minimum Gasteiger partial charge on any atom is -0.388 e. The van der Waals surface area contributed by atoms with Crippen LogP contribution < -0.4 is 10.6 Å². The molecule has 26 heavy (non-hydrogen) atoms. The molecule has 1 aromatic carbocycles. The fourth-order valence-corrected chi connectivity index (χ4v) is 4.32. The monoisotopic (exact) mass is 375 g/mol. The third-order valence-electron chi connectivity index (χ3n) is 4.75. The van der Waals surface area contributed by atoms with Crippen molar-refractivity contribution in [2.45, 2.75) is 37.7 Å². The molecular weight excluding hydrogens is 350 g/mol. The van der Waals surface area contributed by atoms with Crippen LogP contribution in [-0.2, 0) is 0 Å². The number of thiophene rings is 1. The van der Waals surface area contributed by atoms with E-state index < -0.39 is 5.60 Å². The summed E-state index contributed by atoms with van der Waals surface area (Å²) in [6.07, 6.45) is 4.62. The molecule has 7 heteroatoms. The number of carbonyl (C=O) groups is 2. The maximum atomic E-state index is 12.1. The maximum Gasteiger partial charge on any atom is 0.319 e. The second kappa shape index (κ2) is 7.63. The van der Waals surface area contributed by atoms with Crippen molar-refractivity contribution in [2.24, 2.45) is 0 Å². The Morgan fingerprint density at radius 1 is 1.19 bits per heavy atom. The Bertz CT molecular complexity index is 809. The fraction of sp³-hybridized carbons (Fsp3) is 0.474. The first-order valence-electron chi connectivity index (χ1n) is 8.89. The number of aliphatic hydroxyl groups is 1. The van der Waals surface area contributed by atoms with Crippen LogP contribution in [0.1, 0.15) is 41.8 Å². The first-order chi connectivity index (χ1) is 12.4. The van der Waals surface area contributed by atoms with E-state index >= 15 is 0 Å². The SMILES string of the molecule is CN(C)C(=O)c1cc2cc(NC(=O)NCC3(O)CCCCC3)ccc2s1. The van der Waals surface area contributed by atoms with E-state index in [-0.39, 0.29) is 18.5 Å². The standard InChI is InChI=1S/C19H25N3O3S/c1-22(2)17(23)16-11-13-10-14(6-7-15(13)26-16)21-18(24)20-12-19(25)8-4-3-5-9-19/h6-7,10-11,25H,3-5,8-9,12H2,1-2H3,(H2,20,21,24). The normalized spacial score (nSPS) is 16.3. The molecule has 1 aliphatic rings. The molecule has 0 saturated heterocycles. The number of benzene rings is 1. The summed E-state index contributed by atoms with van der Waals surface area (Å²) in [6.45, 7) is 0.265. The Kier molecular flexibility index (Phi) is 5.48. The maximum absolute atomic E-state index is 12.1. The first kappa shape index (κ1) is 18.7. The highest BCUT2D eigenvalue weighted by Gasteiger charge is 2.29. The molecule has 1 heterocycles. The summed E-state index contributed by atoms with van der Waals surface area (Å²) in [5.74, 6) is -0.0285. The van der Waals surface area contributed by atoms with Crippen LogP contribution in [0, 0.1) is 0 Å². The predicted molar refractivity (Wildman–Crippen MR) is 105 cm³/mol. The summed E-state index contributed by atoms with van der Waals surface area (Å²) in [6, 6.07) is 7.08. The van der Waals surface area contributed by atoms with Crippen molar-refractivity contribution in [1.82, 2.24) is 10.2 Å². The lowest BCUT2D eigenvalue weighted by Crippen LogP contribution is -2.45. The summed E-state index contributed by atoms with van der Waals surface area (Å²) in [5.41, 5.74) is -0.124. The molecule has 0 radical (unpaired) electrons. The molecule has 0 unspecified atom stereocenters. The summed E-state index contributed by atoms with van der Waals surface area (Å²) in [5, 5.41) is 16.9. The highest BCUT2D eigenvalue weighted by atomic mass is 32.1. The number of nitrogens with zero attached hydrogens (tertiary/aromatic N) is 1. The highest BCUT2D eigenvalue weighted by Crippen LogP contribution is 2.29. The number of hydrogen-bond acceptors (Lipinski definition) is 4. The average Bonchev–Trinajstić information content (AvgIpc) is 3.03. The van der Waals surface area contributed by atoms with Crippen LogP contribution in [0.3, 0.4) is 0 Å². The van der Waals surface area contributed by atoms with Gasteiger partial charge in [0, 0.05) is 31.0 Å². The number of carbonyl (C=O) groups excluding carboxylic acids is 2. The largest absolute Gasteiger partial charge is 0.388 e. The molecule has 0 spiro atoms. The van der Waals surface area contributed by atoms with Crippen LogP contribution in [0.2, 0.25) is 0 Å². The van der Waals surface area contributed by atoms with Gasteiger partial charge in [0.25, 0.3) is 5.91 Å². The van der Waals surface area contributed by atoms with Crippen molar-refractivity contribution < 1.29 is 14.7 Å². The molecule has 1 saturated carbocycles. The Labute approximate surface area is 157 Å². The highest BCUT2D eigenvalue weighted by molar-refractivity contribution is 7.20. The van der Waals surface area contributed by atoms with Crippen LogP contribution in [0.15, 0.2) is 24.3 Å². The molecule has 0 bridgehead atoms. The molecule has 3 rings (SSSR count). The molecule has 2 aromatic rings. The second-order valence-corrected chi connectivity index (χ2v) is 8.24. The Morgan fingerprint density at radius 2 is 1.92 bits per heavy atom. The summed E-state index contributed by atoms with van der Waals surface area (Å²) in [7, 11) is 3.45. The molecule has 3 N–H and O–H groups in total. The number of fused-ring (bicyclic) bond motifs is 1. The average molecular weight is 375 g/mol. The quantitative estimate of drug-likeness (QED) is 0.766. The number of amides is 3. The van der Waals surface area contributed by atoms with Gasteiger partial charge in [0.15, 0.2) is 0 Å². The minimum absolute atomic E-state index is 0.0285. The summed E-state index contributed by atoms with van der Waals surface area (Å²) in [4.78, 5) is 26.4. The van der Waals surface area contributed by atoms with E-state index in [4.69, 9.17) is 0 Å². The van der Waals surface area contributed by atoms with Gasteiger partial charge in [-0.05, 0) is 42.5 Å². The van der Waals surface area contributed by atoms with E-state index in [0.717, 1.165) is 42.2 Å². The van der Waals surface area contributed by atoms with E-state index in [1.165, 1.54) is 11.3 Å². The molecule has 140 valence electrons. The van der Waals surface area contributed by atoms with E-state index in [2.05, 4.69) is 10.6 Å². The topological polar surface area (TPSA) is 81.7 Å². The molecule has 0 atom stereocenters. The van der Waals surface area contributed by atoms with Crippen molar-refractivity contribution in [3.8, 4) is 0 Å². The van der Waals surface area contributed by atoms with Crippen LogP contribution in [0.25, 0.3) is 10.1 Å². The van der Waals surface area contributed by atoms with Crippen molar-refractivity contribution in [3.05, 3.63) is 29.1 Å². The Morgan fingerprint density at radius 3 is 2.62 bits per heavy atom. The van der Waals surface area contributed by atoms with Gasteiger partial charge in [-0.2, -0.15) is 0 Å². The molecule has 0 aliphatic heterocycles. The smallest absolute Gasteiger partial charge is 0.319 e. The summed E-state index contributed by atoms with van der Waals surface area (Å²) >= 11 is 1.44. The predicted octanol–water partition coefficient (Wildman–Crippen LogP) is 3.42. The van der Waals surface area contributed by atoms with Gasteiger partial charge in [-0.15, -0.1) is 11.3 Å². The van der Waals surface area contributed by atoms with Gasteiger partial charge in [-0.25, -0.2) is 4.79 Å². The zero-order valence-corrected chi connectivity index (χ0v) is 16.0. The van der Waals surface area contributed by atoms with Gasteiger partial charge >= 0.3 is 6.03 Å². The zero-order chi connectivity index (χ0) is 18.7. The fourth-order valence-electron chi connectivity index (χ4n) is 3.25. The second-order valence-electron chi connectivity index (χ2n) is 7.16. The number of nitrogens with one attached hydrogen (secondary N) is 2. The number of anilines is 1. The van der Waals surface area contributed by atoms with E-state index in [1.807, 2.05) is 24.3 Å². The number of rotatable bonds is 4. The van der Waals surface area contributed by atoms with Crippen molar-refractivity contribution in [3.63, 3.8) is 0 Å². The molecule has 1 fully saturated rings. The van der Waals surface area contributed by atoms with E-state index in [9.17, 15) is 14.7 Å². The Hall–Kier alpha value is -2.12. The van der Waals surface area contributed by atoms with Crippen LogP contribution >= 0.6 is 11.3 Å². The van der Waals surface area contributed by atoms with Crippen molar-refractivity contribution >= 4 is 39.0 Å². The van der Waals surface area contributed by atoms with Crippen LogP contribution in [-0.4, -0.2) is 48.2 Å². The molecule has 1 aromatic heterocycles. The van der Waals surface area contributed by atoms with Gasteiger partial charge in [0.2, 0.25) is 0 Å². The van der Waals surface area contributed by atoms with Gasteiger partial charge in [0.05, 0.1) is 10.5 Å². The van der Waals surface area contributed by atoms with E-state index in [0.29, 0.717) is 10.6 Å². The molecule has 6 nitrogen and oxygen atoms in total. The molecule has 3 amide bonds. The molecular formula is C19H25N3O3S. The third-order valence-corrected chi connectivity index (χ3v) is 5.86. The first-order valence-corrected chi connectivity index (χ1v) is 9.70. The zero-order valence-electron chi connectivity index (χ0n) is 15.2. The van der Waals surface area contributed by atoms with Crippen LogP contribution in [0.4, 0.5) is 10.5 Å². The van der Waals surface area contributed by atoms with Gasteiger partial charge in [0.1, 0.15) is 0 Å². The lowest BCUT2D eigenvalue weighted by molar-refractivity contribution is 0.00755. The van der Waals surface area contributed by atoms with Crippen LogP contribution in [0.5, 0.6) is 0 Å². The van der Waals surface area contributed by atoms with Gasteiger partial charge < -0.3 is 20.6 Å². The lowest BCUT2D eigenvalue weighted by atomic mass is 9.85. The lowest BCUT2D eigenvalue weighted by Gasteiger charge is -2.32. The van der Waals surface area contributed by atoms with Gasteiger partial charge in [-0.1, -0.05) is 19.3 Å². The van der Waals surface area contributed by atoms with Crippen molar-refractivity contribution in [1.29, 1.82) is 0 Å².